The number of carbonyl (C=O) groups excluding carboxylic acids is 6. The second kappa shape index (κ2) is 46.4. The van der Waals surface area contributed by atoms with Crippen molar-refractivity contribution in [2.24, 2.45) is 87.3 Å². The zero-order chi connectivity index (χ0) is 105. The quantitative estimate of drug-likeness (QED) is 0.0162. The molecule has 12 fully saturated rings. The van der Waals surface area contributed by atoms with E-state index in [4.69, 9.17) is 28.7 Å². The summed E-state index contributed by atoms with van der Waals surface area (Å²) in [6.07, 6.45) is 3.42. The van der Waals surface area contributed by atoms with Crippen LogP contribution in [0.2, 0.25) is 0 Å². The number of fused-ring (bicyclic) bond motifs is 6. The maximum Gasteiger partial charge on any atom is 0.251 e. The molecule has 0 radical (unpaired) electrons. The molecule has 0 spiro atoms. The Balaban J connectivity index is 0.000000173. The Bertz CT molecular complexity index is 5680. The maximum atomic E-state index is 14.3. The van der Waals surface area contributed by atoms with Gasteiger partial charge < -0.3 is 96.8 Å². The predicted molar refractivity (Wildman–Crippen MR) is 561 cm³/mol. The van der Waals surface area contributed by atoms with Gasteiger partial charge in [-0.05, 0) is 223 Å². The second-order valence-corrected chi connectivity index (χ2v) is 44.6. The molecule has 6 bridgehead atoms. The molecule has 790 valence electrons. The molecule has 12 aliphatic rings. The standard InChI is InChI=1S/C41H56N6O6.C38H55N5O6.C34H49N3O6/c1-24-32-20-29(41(32,3)4)21-33(24)45-40(51)37-36(25(2)49)34(23-48)53-47(37)22-26-11-10-12-31(38(26)52-7)27-17-28(19-30(18-27)46(5)6)39(50)44-16-15-43-35-13-8-9-14-42-35;1-21-31-16-28(38(31,5)6)17-32(21)41-37(47)35-34(22(2)44)33(19-40-24(4)46)49-43(35)20-26-11-10-12-30(36(26)48-9)27-13-25(18-39-23(3)45)14-29(15-27)42(7)8;1-19-27-14-24(34(27,3)4)15-28(19)35-33(41)31-30(20(2)40)29(18-39)43-37(31)16-22-9-8-10-26(32(22)42-7)23-11-21(17-38)12-25(13-23)36(5)6/h8-14,17-19,24-25,29,32-34,36-37,48-49H,15-16,20-23H2,1-7H3,(H,42,43)(H,44,50)(H,45,51);10-15,21-22,28,31-35,44H,16-20H2,1-9H3,(H,39,45)(H,40,46)(H,41,47);8-13,19-20,24,27-31,38-40H,14-18H2,1-7H3,(H,35,41)/t24-,25-,29+,32-,33-,34-,36+,37-;21-,22-,28+,31-,32-,33-,34-,35-;19-,20-,24+,27-,28-,29-,30-,31-/m000/s1. The molecular formula is C113H160N14O18. The summed E-state index contributed by atoms with van der Waals surface area (Å²) < 4.78 is 18.1. The number of rotatable bonds is 36. The summed E-state index contributed by atoms with van der Waals surface area (Å²) in [5.74, 6) is 4.12. The smallest absolute Gasteiger partial charge is 0.251 e. The molecule has 3 saturated heterocycles. The van der Waals surface area contributed by atoms with Crippen LogP contribution in [0.25, 0.3) is 33.4 Å². The van der Waals surface area contributed by atoms with Crippen molar-refractivity contribution in [3.05, 3.63) is 167 Å². The third-order valence-corrected chi connectivity index (χ3v) is 34.2. The van der Waals surface area contributed by atoms with E-state index in [1.165, 1.54) is 33.1 Å². The lowest BCUT2D eigenvalue weighted by molar-refractivity contribution is -0.183. The van der Waals surface area contributed by atoms with Gasteiger partial charge in [-0.1, -0.05) is 123 Å². The Hall–Kier alpha value is -10.6. The molecule has 7 aromatic rings. The van der Waals surface area contributed by atoms with Crippen molar-refractivity contribution in [2.45, 2.75) is 241 Å². The van der Waals surface area contributed by atoms with Crippen LogP contribution in [0.1, 0.15) is 174 Å². The molecule has 145 heavy (non-hydrogen) atoms. The summed E-state index contributed by atoms with van der Waals surface area (Å²) in [6, 6.07) is 38.7. The highest BCUT2D eigenvalue weighted by molar-refractivity contribution is 5.97. The number of pyridine rings is 1. The highest BCUT2D eigenvalue weighted by Crippen LogP contribution is 2.64. The van der Waals surface area contributed by atoms with Crippen LogP contribution in [-0.4, -0.2) is 256 Å². The molecule has 32 nitrogen and oxygen atoms in total. The number of carbonyl (C=O) groups is 6. The summed E-state index contributed by atoms with van der Waals surface area (Å²) in [5.41, 5.74) is 13.3. The largest absolute Gasteiger partial charge is 0.496 e. The SMILES string of the molecule is COc1c(CN2O[C@@H](CNC(C)=O)[C@H]([C@H](C)O)[C@H]2C(=O)N[C@H]2C[C@H]3C[C@@H]([C@@H]2C)C3(C)C)cccc1-c1cc(CNC(C)=O)cc(N(C)C)c1.COc1c(CN2O[C@@H](CO)[C@@H]([C@H](C)O)[C@H]2C(=O)N[C@H]2C[C@H]3C[C@@H]([C@@H]2C)C3(C)C)cccc1-c1cc(C(=O)NCCNc2ccccn2)cc(N(C)C)c1.COc1c(CN2O[C@@H](CO)[C@H]([C@H](C)O)[C@H]2C(=O)N[C@H]2C[C@H]3C[C@@H]([C@@H]2C)C3(C)C)cccc1-c1cc(CO)cc(N(C)C)c1. The van der Waals surface area contributed by atoms with Crippen LogP contribution >= 0.6 is 0 Å². The molecule has 24 atom stereocenters. The summed E-state index contributed by atoms with van der Waals surface area (Å²) in [5, 5.41) is 90.1. The summed E-state index contributed by atoms with van der Waals surface area (Å²) >= 11 is 0. The number of methoxy groups -OCH3 is 3. The van der Waals surface area contributed by atoms with Gasteiger partial charge in [0.05, 0.1) is 79.1 Å². The van der Waals surface area contributed by atoms with Gasteiger partial charge in [0.25, 0.3) is 5.91 Å². The topological polar surface area (TPSA) is 396 Å². The third kappa shape index (κ3) is 23.6. The average Bonchev–Trinajstić information content (AvgIpc) is 1.03. The maximum absolute atomic E-state index is 14.3. The second-order valence-electron chi connectivity index (χ2n) is 44.6. The zero-order valence-corrected chi connectivity index (χ0v) is 89.1. The molecule has 4 heterocycles. The van der Waals surface area contributed by atoms with Gasteiger partial charge in [0, 0.05) is 180 Å². The van der Waals surface area contributed by atoms with Gasteiger partial charge >= 0.3 is 0 Å². The van der Waals surface area contributed by atoms with Gasteiger partial charge in [-0.2, -0.15) is 15.2 Å². The van der Waals surface area contributed by atoms with Crippen molar-refractivity contribution in [2.75, 3.05) is 116 Å². The van der Waals surface area contributed by atoms with E-state index in [9.17, 15) is 59.4 Å². The van der Waals surface area contributed by atoms with Gasteiger partial charge in [-0.15, -0.1) is 0 Å². The fourth-order valence-corrected chi connectivity index (χ4v) is 25.4. The highest BCUT2D eigenvalue weighted by Gasteiger charge is 2.62. The molecule has 0 unspecified atom stereocenters. The number of benzene rings is 6. The molecule has 13 N–H and O–H groups in total. The first-order valence-electron chi connectivity index (χ1n) is 51.8. The zero-order valence-electron chi connectivity index (χ0n) is 89.1. The number of anilines is 4. The number of para-hydroxylation sites is 3. The van der Waals surface area contributed by atoms with Gasteiger partial charge in [0.2, 0.25) is 29.5 Å². The Morgan fingerprint density at radius 2 is 0.814 bits per heavy atom. The first kappa shape index (κ1) is 110. The molecular weight excluding hydrogens is 1840 g/mol. The fraction of sp³-hybridized carbons (Fsp3) is 0.584. The van der Waals surface area contributed by atoms with Gasteiger partial charge in [-0.25, -0.2) is 4.98 Å². The van der Waals surface area contributed by atoms with Crippen LogP contribution in [0.5, 0.6) is 17.2 Å². The lowest BCUT2D eigenvalue weighted by Gasteiger charge is -2.62. The monoisotopic (exact) mass is 2000 g/mol. The van der Waals surface area contributed by atoms with Crippen molar-refractivity contribution < 1.29 is 88.1 Å². The van der Waals surface area contributed by atoms with E-state index < -0.39 is 72.5 Å². The number of hydroxylamine groups is 6. The van der Waals surface area contributed by atoms with Crippen LogP contribution in [0.15, 0.2) is 134 Å². The third-order valence-electron chi connectivity index (χ3n) is 34.2. The normalized spacial score (nSPS) is 28.2. The number of nitrogens with one attached hydrogen (secondary N) is 7. The first-order valence-corrected chi connectivity index (χ1v) is 51.8. The molecule has 1 aromatic heterocycles. The van der Waals surface area contributed by atoms with Crippen molar-refractivity contribution in [3.8, 4) is 50.6 Å². The fourth-order valence-electron chi connectivity index (χ4n) is 25.4. The summed E-state index contributed by atoms with van der Waals surface area (Å²) in [7, 11) is 16.5. The molecule has 9 saturated carbocycles. The van der Waals surface area contributed by atoms with Crippen LogP contribution in [0.3, 0.4) is 0 Å². The Kier molecular flexibility index (Phi) is 35.3. The van der Waals surface area contributed by atoms with E-state index >= 15 is 0 Å². The van der Waals surface area contributed by atoms with Gasteiger partial charge in [0.15, 0.2) is 0 Å². The summed E-state index contributed by atoms with van der Waals surface area (Å²) in [4.78, 5) is 109. The summed E-state index contributed by atoms with van der Waals surface area (Å²) in [6.45, 7) is 30.0. The number of hydrogen-bond acceptors (Lipinski definition) is 26. The Labute approximate surface area is 856 Å². The lowest BCUT2D eigenvalue weighted by atomic mass is 9.45. The van der Waals surface area contributed by atoms with Crippen molar-refractivity contribution >= 4 is 58.3 Å². The van der Waals surface area contributed by atoms with Gasteiger partial charge in [0.1, 0.15) is 59.5 Å². The number of amides is 6. The molecule has 32 heteroatoms. The van der Waals surface area contributed by atoms with E-state index in [1.807, 2.05) is 178 Å². The Morgan fingerprint density at radius 1 is 0.448 bits per heavy atom. The van der Waals surface area contributed by atoms with E-state index in [2.05, 4.69) is 111 Å². The van der Waals surface area contributed by atoms with E-state index in [0.29, 0.717) is 101 Å². The van der Waals surface area contributed by atoms with Crippen molar-refractivity contribution in [1.29, 1.82) is 0 Å². The van der Waals surface area contributed by atoms with Crippen molar-refractivity contribution in [3.63, 3.8) is 0 Å². The highest BCUT2D eigenvalue weighted by atomic mass is 16.7. The molecule has 6 amide bonds. The molecule has 9 aliphatic carbocycles. The number of aliphatic hydroxyl groups excluding tert-OH is 6. The number of ether oxygens (including phenoxy) is 3. The van der Waals surface area contributed by atoms with Crippen LogP contribution in [0, 0.1) is 87.3 Å². The van der Waals surface area contributed by atoms with Crippen molar-refractivity contribution in [1.82, 2.24) is 52.1 Å². The predicted octanol–water partition coefficient (Wildman–Crippen LogP) is 11.8. The van der Waals surface area contributed by atoms with E-state index in [-0.39, 0.29) is 110 Å². The number of aromatic nitrogens is 1. The Morgan fingerprint density at radius 3 is 1.15 bits per heavy atom. The number of hydrogen-bond donors (Lipinski definition) is 13. The number of aliphatic hydroxyl groups is 6. The van der Waals surface area contributed by atoms with E-state index in [1.54, 1.807) is 63.5 Å². The first-order chi connectivity index (χ1) is 68.8. The van der Waals surface area contributed by atoms with Crippen LogP contribution < -0.4 is 66.1 Å². The van der Waals surface area contributed by atoms with Gasteiger partial charge in [-0.3, -0.25) is 43.3 Å². The molecule has 3 aliphatic heterocycles. The average molecular weight is 2000 g/mol. The minimum Gasteiger partial charge on any atom is -0.496 e. The lowest BCUT2D eigenvalue weighted by Crippen LogP contribution is -2.62. The molecule has 19 rings (SSSR count). The minimum absolute atomic E-state index is 0.0364. The molecule has 6 aromatic carbocycles. The van der Waals surface area contributed by atoms with E-state index in [0.717, 1.165) is 103 Å². The number of nitrogens with zero attached hydrogens (tertiary/aromatic N) is 7. The van der Waals surface area contributed by atoms with Crippen LogP contribution in [-0.2, 0) is 71.3 Å². The van der Waals surface area contributed by atoms with Crippen LogP contribution in [0.4, 0.5) is 22.9 Å². The minimum atomic E-state index is -0.902.